The number of fused-ring (bicyclic) bond motifs is 2. The summed E-state index contributed by atoms with van der Waals surface area (Å²) in [4.78, 5) is 2.79. The third kappa shape index (κ3) is 9.09. The van der Waals surface area contributed by atoms with E-state index in [1.54, 1.807) is 24.3 Å². The molecule has 53 heavy (non-hydrogen) atoms. The van der Waals surface area contributed by atoms with Gasteiger partial charge < -0.3 is 10.2 Å². The number of nitrogens with zero attached hydrogens (tertiary/aromatic N) is 6. The van der Waals surface area contributed by atoms with E-state index in [4.69, 9.17) is 46.4 Å². The maximum absolute atomic E-state index is 13.2. The van der Waals surface area contributed by atoms with E-state index >= 15 is 0 Å². The first-order valence-electron chi connectivity index (χ1n) is 16.9. The molecule has 13 heteroatoms. The first-order chi connectivity index (χ1) is 23.8. The molecule has 2 heterocycles. The van der Waals surface area contributed by atoms with E-state index in [1.807, 2.05) is 65.8 Å². The summed E-state index contributed by atoms with van der Waals surface area (Å²) >= 11 is 24.3. The zero-order valence-corrected chi connectivity index (χ0v) is 35.9. The summed E-state index contributed by atoms with van der Waals surface area (Å²) in [5, 5.41) is 45.8. The molecule has 0 saturated carbocycles. The number of rotatable bonds is 2. The standard InChI is InChI=1S/2C20H23Cl2N3O.Cu/c2*1-19(2,3)11-7-12(20(4,5)6)18(26)17(8-11)25-23-15-9-13(21)14(22)10-16(15)24-25;/h2*7-10,26H,1-6H3;/q;;+2/p-2. The second-order valence-corrected chi connectivity index (χ2v) is 18.9. The summed E-state index contributed by atoms with van der Waals surface area (Å²) in [7, 11) is 0. The average Bonchev–Trinajstić information content (AvgIpc) is 3.59. The smallest absolute Gasteiger partial charge is 0.871 e. The summed E-state index contributed by atoms with van der Waals surface area (Å²) < 4.78 is 0. The molecule has 285 valence electrons. The largest absolute Gasteiger partial charge is 2.00 e. The van der Waals surface area contributed by atoms with Gasteiger partial charge in [-0.15, -0.1) is 20.4 Å². The van der Waals surface area contributed by atoms with Gasteiger partial charge in [0, 0.05) is 0 Å². The van der Waals surface area contributed by atoms with Crippen molar-refractivity contribution in [3.05, 3.63) is 90.9 Å². The molecule has 0 amide bonds. The third-order valence-corrected chi connectivity index (χ3v) is 10.2. The molecule has 8 nitrogen and oxygen atoms in total. The van der Waals surface area contributed by atoms with Gasteiger partial charge >= 0.3 is 17.1 Å². The van der Waals surface area contributed by atoms with Crippen molar-refractivity contribution in [2.75, 3.05) is 0 Å². The Kier molecular flexibility index (Phi) is 12.0. The van der Waals surface area contributed by atoms with Gasteiger partial charge in [-0.3, -0.25) is 0 Å². The summed E-state index contributed by atoms with van der Waals surface area (Å²) in [6.07, 6.45) is 0. The molecule has 0 N–H and O–H groups in total. The maximum atomic E-state index is 13.2. The van der Waals surface area contributed by atoms with E-state index in [0.29, 0.717) is 53.5 Å². The summed E-state index contributed by atoms with van der Waals surface area (Å²) in [5.74, 6) is -0.133. The van der Waals surface area contributed by atoms with Gasteiger partial charge in [-0.1, -0.05) is 153 Å². The zero-order chi connectivity index (χ0) is 38.9. The Bertz CT molecular complexity index is 2080. The predicted octanol–water partition coefficient (Wildman–Crippen LogP) is 10.8. The number of aromatic nitrogens is 6. The molecule has 0 unspecified atom stereocenters. The zero-order valence-electron chi connectivity index (χ0n) is 31.9. The molecule has 0 atom stereocenters. The predicted molar refractivity (Wildman–Crippen MR) is 211 cm³/mol. The van der Waals surface area contributed by atoms with Crippen LogP contribution in [-0.4, -0.2) is 30.0 Å². The van der Waals surface area contributed by atoms with Crippen LogP contribution in [0.5, 0.6) is 11.5 Å². The SMILES string of the molecule is CC(C)(C)c1cc(-n2nc3cc(Cl)c(Cl)cc3n2)c([O-])c(C(C)(C)C)c1.CC(C)(C)c1cc(-n2nc3cc(Cl)c(Cl)cc3n2)c([O-])c(C(C)(C)C)c1.[Cu+2]. The van der Waals surface area contributed by atoms with E-state index in [9.17, 15) is 10.2 Å². The molecule has 0 aliphatic rings. The Morgan fingerprint density at radius 2 is 0.660 bits per heavy atom. The minimum absolute atomic E-state index is 0. The van der Waals surface area contributed by atoms with Gasteiger partial charge in [0.25, 0.3) is 0 Å². The van der Waals surface area contributed by atoms with Crippen LogP contribution >= 0.6 is 46.4 Å². The van der Waals surface area contributed by atoms with Gasteiger partial charge in [-0.25, -0.2) is 0 Å². The van der Waals surface area contributed by atoms with Crippen LogP contribution in [0, 0.1) is 0 Å². The van der Waals surface area contributed by atoms with Crippen molar-refractivity contribution in [1.29, 1.82) is 0 Å². The van der Waals surface area contributed by atoms with Gasteiger partial charge in [0.2, 0.25) is 0 Å². The maximum Gasteiger partial charge on any atom is 2.00 e. The van der Waals surface area contributed by atoms with Gasteiger partial charge in [-0.2, -0.15) is 9.59 Å². The monoisotopic (exact) mass is 843 g/mol. The molecule has 2 aromatic heterocycles. The molecule has 0 aliphatic heterocycles. The fourth-order valence-electron chi connectivity index (χ4n) is 5.54. The van der Waals surface area contributed by atoms with Gasteiger partial charge in [0.05, 0.1) is 31.5 Å². The number of hydrogen-bond acceptors (Lipinski definition) is 6. The summed E-state index contributed by atoms with van der Waals surface area (Å²) in [6.45, 7) is 24.9. The second-order valence-electron chi connectivity index (χ2n) is 17.2. The van der Waals surface area contributed by atoms with E-state index in [0.717, 1.165) is 22.3 Å². The van der Waals surface area contributed by atoms with Crippen molar-refractivity contribution in [3.8, 4) is 22.9 Å². The van der Waals surface area contributed by atoms with Crippen LogP contribution in [0.2, 0.25) is 20.1 Å². The number of hydrogen-bond donors (Lipinski definition) is 0. The molecule has 4 aromatic carbocycles. The Balaban J connectivity index is 0.000000232. The van der Waals surface area contributed by atoms with Crippen LogP contribution in [0.15, 0.2) is 48.5 Å². The first kappa shape index (κ1) is 42.7. The summed E-state index contributed by atoms with van der Waals surface area (Å²) in [5.41, 5.74) is 6.08. The van der Waals surface area contributed by atoms with Crippen LogP contribution in [0.3, 0.4) is 0 Å². The van der Waals surface area contributed by atoms with Crippen LogP contribution in [0.4, 0.5) is 0 Å². The van der Waals surface area contributed by atoms with Crippen molar-refractivity contribution >= 4 is 68.5 Å². The third-order valence-electron chi connectivity index (χ3n) is 8.76. The van der Waals surface area contributed by atoms with Gasteiger partial charge in [0.15, 0.2) is 0 Å². The Labute approximate surface area is 342 Å². The average molecular weight is 846 g/mol. The topological polar surface area (TPSA) is 108 Å². The van der Waals surface area contributed by atoms with Crippen molar-refractivity contribution in [1.82, 2.24) is 30.0 Å². The van der Waals surface area contributed by atoms with Gasteiger partial charge in [-0.05, 0) is 80.3 Å². The van der Waals surface area contributed by atoms with Crippen LogP contribution < -0.4 is 10.2 Å². The molecule has 0 saturated heterocycles. The van der Waals surface area contributed by atoms with Gasteiger partial charge in [0.1, 0.15) is 22.1 Å². The summed E-state index contributed by atoms with van der Waals surface area (Å²) in [6, 6.07) is 14.4. The van der Waals surface area contributed by atoms with E-state index in [-0.39, 0.29) is 50.2 Å². The van der Waals surface area contributed by atoms with Crippen molar-refractivity contribution < 1.29 is 27.3 Å². The molecular formula is C40H44Cl4CuN6O2. The Morgan fingerprint density at radius 1 is 0.415 bits per heavy atom. The molecule has 0 fully saturated rings. The fourth-order valence-corrected chi connectivity index (χ4v) is 6.18. The van der Waals surface area contributed by atoms with E-state index in [2.05, 4.69) is 61.9 Å². The minimum Gasteiger partial charge on any atom is -0.871 e. The van der Waals surface area contributed by atoms with Crippen molar-refractivity contribution in [2.24, 2.45) is 0 Å². The van der Waals surface area contributed by atoms with Crippen molar-refractivity contribution in [3.63, 3.8) is 0 Å². The molecule has 6 aromatic rings. The normalized spacial score (nSPS) is 12.5. The number of halogens is 4. The Hall–Kier alpha value is -3.04. The molecule has 0 spiro atoms. The van der Waals surface area contributed by atoms with E-state index in [1.165, 1.54) is 9.59 Å². The molecule has 0 aliphatic carbocycles. The Morgan fingerprint density at radius 3 is 0.868 bits per heavy atom. The fraction of sp³-hybridized carbons (Fsp3) is 0.400. The minimum atomic E-state index is -0.285. The first-order valence-corrected chi connectivity index (χ1v) is 18.4. The number of benzene rings is 4. The van der Waals surface area contributed by atoms with Crippen LogP contribution in [0.25, 0.3) is 33.4 Å². The molecule has 6 rings (SSSR count). The molecular weight excluding hydrogens is 802 g/mol. The molecule has 0 bridgehead atoms. The van der Waals surface area contributed by atoms with E-state index < -0.39 is 0 Å². The second kappa shape index (κ2) is 14.9. The quantitative estimate of drug-likeness (QED) is 0.161. The van der Waals surface area contributed by atoms with Crippen LogP contribution in [-0.2, 0) is 38.7 Å². The molecule has 1 radical (unpaired) electrons. The van der Waals surface area contributed by atoms with Crippen molar-refractivity contribution in [2.45, 2.75) is 105 Å². The van der Waals surface area contributed by atoms with Crippen LogP contribution in [0.1, 0.15) is 105 Å².